The first-order chi connectivity index (χ1) is 14.9. The van der Waals surface area contributed by atoms with E-state index in [1.807, 2.05) is 18.2 Å². The highest BCUT2D eigenvalue weighted by atomic mass is 16.2. The molecule has 2 aliphatic rings. The van der Waals surface area contributed by atoms with Gasteiger partial charge in [0.1, 0.15) is 0 Å². The molecule has 1 amide bonds. The third-order valence-corrected chi connectivity index (χ3v) is 8.11. The van der Waals surface area contributed by atoms with Gasteiger partial charge >= 0.3 is 0 Å². The second-order valence-corrected chi connectivity index (χ2v) is 9.71. The van der Waals surface area contributed by atoms with E-state index in [0.29, 0.717) is 5.56 Å². The summed E-state index contributed by atoms with van der Waals surface area (Å²) in [6, 6.07) is 10.3. The number of nitrogens with zero attached hydrogens (tertiary/aromatic N) is 4. The number of amides is 1. The molecule has 2 aromatic heterocycles. The number of H-pyrrole nitrogens is 1. The molecule has 156 valence electrons. The van der Waals surface area contributed by atoms with Crippen LogP contribution < -0.4 is 0 Å². The van der Waals surface area contributed by atoms with Crippen LogP contribution in [-0.2, 0) is 11.8 Å². The number of likely N-dealkylation sites (tertiary alicyclic amines) is 1. The van der Waals surface area contributed by atoms with Gasteiger partial charge in [-0.1, -0.05) is 20.8 Å². The number of carbonyl (C=O) groups excluding carboxylic acids is 1. The summed E-state index contributed by atoms with van der Waals surface area (Å²) in [5.74, 6) is 0.0978. The quantitative estimate of drug-likeness (QED) is 0.508. The Hall–Kier alpha value is -3.28. The number of fused-ring (bicyclic) bond motifs is 6. The van der Waals surface area contributed by atoms with E-state index in [9.17, 15) is 4.79 Å². The summed E-state index contributed by atoms with van der Waals surface area (Å²) < 4.78 is 0. The topological polar surface area (TPSA) is 74.8 Å². The summed E-state index contributed by atoms with van der Waals surface area (Å²) in [5.41, 5.74) is 6.92. The number of hydrogen-bond acceptors (Lipinski definition) is 4. The zero-order valence-electron chi connectivity index (χ0n) is 18.0. The van der Waals surface area contributed by atoms with Crippen molar-refractivity contribution in [2.24, 2.45) is 5.41 Å². The summed E-state index contributed by atoms with van der Waals surface area (Å²) in [7, 11) is 0. The van der Waals surface area contributed by atoms with Crippen LogP contribution in [-0.4, -0.2) is 43.3 Å². The van der Waals surface area contributed by atoms with Crippen molar-refractivity contribution >= 4 is 28.0 Å². The Morgan fingerprint density at radius 1 is 1.03 bits per heavy atom. The maximum absolute atomic E-state index is 13.7. The van der Waals surface area contributed by atoms with Crippen molar-refractivity contribution < 1.29 is 4.79 Å². The molecule has 6 heteroatoms. The molecule has 1 aliphatic heterocycles. The molecule has 6 rings (SSSR count). The second kappa shape index (κ2) is 6.13. The Bertz CT molecular complexity index is 1360. The molecule has 2 aromatic carbocycles. The lowest BCUT2D eigenvalue weighted by atomic mass is 9.51. The van der Waals surface area contributed by atoms with Gasteiger partial charge in [0.25, 0.3) is 5.91 Å². The SMILES string of the molecule is CC12CCN(C(=O)c3ccc4nc[nH]c4c3)C(Cc3cc4nccnc4cc31)C2(C)C. The fourth-order valence-corrected chi connectivity index (χ4v) is 5.85. The van der Waals surface area contributed by atoms with Gasteiger partial charge in [0.2, 0.25) is 0 Å². The summed E-state index contributed by atoms with van der Waals surface area (Å²) in [6.07, 6.45) is 6.92. The maximum atomic E-state index is 13.7. The Morgan fingerprint density at radius 3 is 2.61 bits per heavy atom. The highest BCUT2D eigenvalue weighted by Crippen LogP contribution is 2.56. The van der Waals surface area contributed by atoms with Crippen LogP contribution in [0.25, 0.3) is 22.1 Å². The Labute approximate surface area is 180 Å². The Morgan fingerprint density at radius 2 is 1.81 bits per heavy atom. The number of nitrogens with one attached hydrogen (secondary N) is 1. The van der Waals surface area contributed by atoms with Gasteiger partial charge in [-0.3, -0.25) is 14.8 Å². The fourth-order valence-electron chi connectivity index (χ4n) is 5.85. The highest BCUT2D eigenvalue weighted by molar-refractivity contribution is 5.97. The van der Waals surface area contributed by atoms with E-state index in [-0.39, 0.29) is 22.8 Å². The van der Waals surface area contributed by atoms with Gasteiger partial charge in [0, 0.05) is 36.0 Å². The number of rotatable bonds is 1. The third kappa shape index (κ3) is 2.44. The Kier molecular flexibility index (Phi) is 3.65. The third-order valence-electron chi connectivity index (χ3n) is 8.11. The van der Waals surface area contributed by atoms with E-state index in [1.54, 1.807) is 18.7 Å². The van der Waals surface area contributed by atoms with Crippen LogP contribution in [0.2, 0.25) is 0 Å². The molecule has 2 atom stereocenters. The smallest absolute Gasteiger partial charge is 0.254 e. The number of hydrogen-bond donors (Lipinski definition) is 1. The average molecular weight is 412 g/mol. The van der Waals surface area contributed by atoms with Crippen LogP contribution >= 0.6 is 0 Å². The van der Waals surface area contributed by atoms with Crippen LogP contribution in [0.1, 0.15) is 48.7 Å². The van der Waals surface area contributed by atoms with Crippen LogP contribution in [0.4, 0.5) is 0 Å². The van der Waals surface area contributed by atoms with Crippen LogP contribution in [0.3, 0.4) is 0 Å². The summed E-state index contributed by atoms with van der Waals surface area (Å²) >= 11 is 0. The van der Waals surface area contributed by atoms with E-state index >= 15 is 0 Å². The van der Waals surface area contributed by atoms with Crippen molar-refractivity contribution in [2.45, 2.75) is 45.1 Å². The van der Waals surface area contributed by atoms with Crippen LogP contribution in [0.5, 0.6) is 0 Å². The largest absolute Gasteiger partial charge is 0.345 e. The van der Waals surface area contributed by atoms with Gasteiger partial charge in [-0.05, 0) is 59.7 Å². The van der Waals surface area contributed by atoms with E-state index in [0.717, 1.165) is 41.5 Å². The molecular weight excluding hydrogens is 386 g/mol. The zero-order chi connectivity index (χ0) is 21.4. The summed E-state index contributed by atoms with van der Waals surface area (Å²) in [4.78, 5) is 32.2. The monoisotopic (exact) mass is 411 g/mol. The predicted molar refractivity (Wildman–Crippen MR) is 120 cm³/mol. The molecule has 2 unspecified atom stereocenters. The minimum Gasteiger partial charge on any atom is -0.345 e. The lowest BCUT2D eigenvalue weighted by Gasteiger charge is -2.60. The molecule has 1 saturated heterocycles. The van der Waals surface area contributed by atoms with Gasteiger partial charge in [-0.25, -0.2) is 4.98 Å². The first-order valence-corrected chi connectivity index (χ1v) is 10.9. The normalized spacial score (nSPS) is 24.4. The van der Waals surface area contributed by atoms with Gasteiger partial charge in [0.15, 0.2) is 0 Å². The fraction of sp³-hybridized carbons (Fsp3) is 0.360. The number of carbonyl (C=O) groups is 1. The molecule has 1 N–H and O–H groups in total. The second-order valence-electron chi connectivity index (χ2n) is 9.71. The van der Waals surface area contributed by atoms with E-state index in [2.05, 4.69) is 57.7 Å². The van der Waals surface area contributed by atoms with Gasteiger partial charge in [-0.15, -0.1) is 0 Å². The number of benzene rings is 2. The number of aromatic amines is 1. The molecule has 1 fully saturated rings. The molecular formula is C25H25N5O. The van der Waals surface area contributed by atoms with E-state index in [4.69, 9.17) is 0 Å². The van der Waals surface area contributed by atoms with Crippen LogP contribution in [0.15, 0.2) is 49.1 Å². The lowest BCUT2D eigenvalue weighted by molar-refractivity contribution is -0.0261. The lowest BCUT2D eigenvalue weighted by Crippen LogP contribution is -2.64. The van der Waals surface area contributed by atoms with Gasteiger partial charge < -0.3 is 9.88 Å². The molecule has 31 heavy (non-hydrogen) atoms. The van der Waals surface area contributed by atoms with Crippen molar-refractivity contribution in [2.75, 3.05) is 6.54 Å². The first-order valence-electron chi connectivity index (χ1n) is 10.9. The summed E-state index contributed by atoms with van der Waals surface area (Å²) in [6.45, 7) is 7.75. The first kappa shape index (κ1) is 18.5. The molecule has 4 aromatic rings. The highest BCUT2D eigenvalue weighted by Gasteiger charge is 2.57. The number of imidazole rings is 1. The van der Waals surface area contributed by atoms with Crippen molar-refractivity contribution in [3.05, 3.63) is 65.7 Å². The standard InChI is InChI=1S/C25H25N5O/c1-24(2)22-12-16-11-20-21(27-8-7-26-20)13-17(16)25(24,3)6-9-30(22)23(31)15-4-5-18-19(10-15)29-14-28-18/h4-5,7-8,10-11,13-14,22H,6,9,12H2,1-3H3,(H,28,29). The van der Waals surface area contributed by atoms with Gasteiger partial charge in [-0.2, -0.15) is 0 Å². The number of aromatic nitrogens is 4. The predicted octanol–water partition coefficient (Wildman–Crippen LogP) is 4.26. The maximum Gasteiger partial charge on any atom is 0.254 e. The molecule has 2 bridgehead atoms. The molecule has 3 heterocycles. The Balaban J connectivity index is 1.45. The zero-order valence-corrected chi connectivity index (χ0v) is 18.0. The molecule has 6 nitrogen and oxygen atoms in total. The molecule has 0 spiro atoms. The molecule has 0 radical (unpaired) electrons. The average Bonchev–Trinajstić information content (AvgIpc) is 3.23. The van der Waals surface area contributed by atoms with E-state index < -0.39 is 0 Å². The minimum absolute atomic E-state index is 0.0267. The number of piperidine rings is 1. The van der Waals surface area contributed by atoms with Crippen molar-refractivity contribution in [1.29, 1.82) is 0 Å². The minimum atomic E-state index is -0.0676. The van der Waals surface area contributed by atoms with Crippen molar-refractivity contribution in [3.63, 3.8) is 0 Å². The summed E-state index contributed by atoms with van der Waals surface area (Å²) in [5, 5.41) is 0. The van der Waals surface area contributed by atoms with Crippen molar-refractivity contribution in [3.8, 4) is 0 Å². The van der Waals surface area contributed by atoms with Crippen molar-refractivity contribution in [1.82, 2.24) is 24.8 Å². The van der Waals surface area contributed by atoms with E-state index in [1.165, 1.54) is 11.1 Å². The molecule has 0 saturated carbocycles. The molecule has 1 aliphatic carbocycles. The van der Waals surface area contributed by atoms with Crippen LogP contribution in [0, 0.1) is 5.41 Å². The van der Waals surface area contributed by atoms with Gasteiger partial charge in [0.05, 0.1) is 28.4 Å².